The van der Waals surface area contributed by atoms with E-state index in [9.17, 15) is 20.1 Å². The van der Waals surface area contributed by atoms with E-state index in [1.165, 1.54) is 38.4 Å². The Labute approximate surface area is 128 Å². The van der Waals surface area contributed by atoms with Crippen LogP contribution in [0, 0.1) is 22.2 Å². The van der Waals surface area contributed by atoms with Gasteiger partial charge < -0.3 is 9.94 Å². The number of nitrogens with zero attached hydrogens (tertiary/aromatic N) is 4. The third kappa shape index (κ3) is 3.40. The molecule has 1 N–H and O–H groups in total. The summed E-state index contributed by atoms with van der Waals surface area (Å²) in [4.78, 5) is 22.1. The molecule has 11 heteroatoms. The van der Waals surface area contributed by atoms with Crippen molar-refractivity contribution < 1.29 is 24.0 Å². The van der Waals surface area contributed by atoms with E-state index in [2.05, 4.69) is 20.3 Å². The highest BCUT2D eigenvalue weighted by atomic mass is 16.8. The molecule has 23 heavy (non-hydrogen) atoms. The van der Waals surface area contributed by atoms with Crippen molar-refractivity contribution in [1.29, 1.82) is 0 Å². The number of hydrazone groups is 1. The number of benzene rings is 1. The largest absolute Gasteiger partial charge is 0.490 e. The van der Waals surface area contributed by atoms with E-state index in [4.69, 9.17) is 4.74 Å². The molecule has 0 aliphatic heterocycles. The first-order valence-corrected chi connectivity index (χ1v) is 6.16. The topological polar surface area (TPSA) is 147 Å². The first-order valence-electron chi connectivity index (χ1n) is 6.16. The van der Waals surface area contributed by atoms with Gasteiger partial charge in [0.15, 0.2) is 5.75 Å². The first-order chi connectivity index (χ1) is 10.9. The van der Waals surface area contributed by atoms with Gasteiger partial charge in [0.05, 0.1) is 23.4 Å². The summed E-state index contributed by atoms with van der Waals surface area (Å²) in [5.74, 6) is -0.644. The number of hydrogen-bond acceptors (Lipinski definition) is 8. The standard InChI is InChI=1S/C12H11N5O6/c1-7-11(15-23-17(7)21)12(18)14-13-6-8-3-4-10(22-2)9(5-8)16(19)20/h3-6H,1-2H3,(H,14,18)/b13-6-. The normalized spacial score (nSPS) is 10.7. The fraction of sp³-hybridized carbons (Fsp3) is 0.167. The highest BCUT2D eigenvalue weighted by molar-refractivity contribution is 5.93. The van der Waals surface area contributed by atoms with Crippen molar-refractivity contribution in [3.8, 4) is 5.75 Å². The van der Waals surface area contributed by atoms with Crippen LogP contribution in [0.3, 0.4) is 0 Å². The number of amides is 1. The molecule has 0 bridgehead atoms. The molecule has 1 heterocycles. The van der Waals surface area contributed by atoms with Gasteiger partial charge in [-0.25, -0.2) is 5.43 Å². The highest BCUT2D eigenvalue weighted by Gasteiger charge is 2.22. The van der Waals surface area contributed by atoms with E-state index in [1.807, 2.05) is 0 Å². The fourth-order valence-corrected chi connectivity index (χ4v) is 1.65. The first kappa shape index (κ1) is 15.9. The van der Waals surface area contributed by atoms with Gasteiger partial charge in [-0.1, -0.05) is 0 Å². The van der Waals surface area contributed by atoms with Gasteiger partial charge >= 0.3 is 17.3 Å². The number of hydrogen-bond donors (Lipinski definition) is 1. The van der Waals surface area contributed by atoms with E-state index in [1.54, 1.807) is 0 Å². The molecule has 120 valence electrons. The minimum Gasteiger partial charge on any atom is -0.490 e. The number of nitro groups is 1. The minimum absolute atomic E-state index is 0.0159. The number of aromatic nitrogens is 2. The van der Waals surface area contributed by atoms with Crippen LogP contribution in [-0.4, -0.2) is 29.3 Å². The lowest BCUT2D eigenvalue weighted by atomic mass is 10.2. The number of nitro benzene ring substituents is 1. The number of ether oxygens (including phenoxy) is 1. The molecule has 0 spiro atoms. The van der Waals surface area contributed by atoms with Crippen LogP contribution in [0.4, 0.5) is 5.69 Å². The lowest BCUT2D eigenvalue weighted by Gasteiger charge is -2.01. The maximum absolute atomic E-state index is 11.7. The summed E-state index contributed by atoms with van der Waals surface area (Å²) >= 11 is 0. The van der Waals surface area contributed by atoms with Crippen LogP contribution >= 0.6 is 0 Å². The van der Waals surface area contributed by atoms with Crippen molar-refractivity contribution in [2.24, 2.45) is 5.10 Å². The number of carbonyl (C=O) groups is 1. The van der Waals surface area contributed by atoms with Crippen molar-refractivity contribution >= 4 is 17.8 Å². The maximum atomic E-state index is 11.7. The highest BCUT2D eigenvalue weighted by Crippen LogP contribution is 2.26. The molecule has 1 amide bonds. The van der Waals surface area contributed by atoms with Gasteiger partial charge in [-0.05, 0) is 17.0 Å². The lowest BCUT2D eigenvalue weighted by molar-refractivity contribution is -0.806. The van der Waals surface area contributed by atoms with Gasteiger partial charge in [0.25, 0.3) is 0 Å². The zero-order valence-electron chi connectivity index (χ0n) is 12.0. The molecular weight excluding hydrogens is 310 g/mol. The predicted molar refractivity (Wildman–Crippen MR) is 74.9 cm³/mol. The fourth-order valence-electron chi connectivity index (χ4n) is 1.65. The summed E-state index contributed by atoms with van der Waals surface area (Å²) in [6, 6.07) is 4.17. The second kappa shape index (κ2) is 6.51. The molecule has 2 aromatic rings. The van der Waals surface area contributed by atoms with Crippen molar-refractivity contribution in [3.05, 3.63) is 50.5 Å². The van der Waals surface area contributed by atoms with E-state index < -0.39 is 10.8 Å². The predicted octanol–water partition coefficient (Wildman–Crippen LogP) is 0.297. The molecule has 0 aliphatic rings. The van der Waals surface area contributed by atoms with Gasteiger partial charge in [0, 0.05) is 18.6 Å². The summed E-state index contributed by atoms with van der Waals surface area (Å²) in [6.45, 7) is 1.36. The molecule has 0 saturated carbocycles. The molecule has 0 saturated heterocycles. The molecule has 0 atom stereocenters. The van der Waals surface area contributed by atoms with E-state index >= 15 is 0 Å². The maximum Gasteiger partial charge on any atom is 0.322 e. The average molecular weight is 321 g/mol. The molecule has 0 aliphatic carbocycles. The lowest BCUT2D eigenvalue weighted by Crippen LogP contribution is -2.28. The summed E-state index contributed by atoms with van der Waals surface area (Å²) in [5, 5.41) is 28.8. The third-order valence-corrected chi connectivity index (χ3v) is 2.82. The Hall–Kier alpha value is -3.50. The summed E-state index contributed by atoms with van der Waals surface area (Å²) in [7, 11) is 1.32. The van der Waals surface area contributed by atoms with Crippen LogP contribution in [-0.2, 0) is 0 Å². The van der Waals surface area contributed by atoms with Crippen LogP contribution in [0.5, 0.6) is 5.75 Å². The zero-order valence-corrected chi connectivity index (χ0v) is 12.0. The third-order valence-electron chi connectivity index (χ3n) is 2.82. The zero-order chi connectivity index (χ0) is 17.0. The number of rotatable bonds is 5. The summed E-state index contributed by atoms with van der Waals surface area (Å²) in [6.07, 6.45) is 1.20. The van der Waals surface area contributed by atoms with Crippen LogP contribution in [0.1, 0.15) is 21.7 Å². The van der Waals surface area contributed by atoms with Gasteiger partial charge in [-0.15, -0.1) is 0 Å². The molecule has 0 unspecified atom stereocenters. The Kier molecular flexibility index (Phi) is 4.50. The molecule has 0 radical (unpaired) electrons. The molecule has 2 rings (SSSR count). The van der Waals surface area contributed by atoms with Crippen molar-refractivity contribution in [2.75, 3.05) is 7.11 Å². The van der Waals surface area contributed by atoms with Gasteiger partial charge in [0.2, 0.25) is 5.69 Å². The Morgan fingerprint density at radius 3 is 2.87 bits per heavy atom. The van der Waals surface area contributed by atoms with Gasteiger partial charge in [0.1, 0.15) is 0 Å². The average Bonchev–Trinajstić information content (AvgIpc) is 2.86. The Balaban J connectivity index is 2.12. The van der Waals surface area contributed by atoms with Crippen molar-refractivity contribution in [2.45, 2.75) is 6.92 Å². The molecule has 1 aromatic carbocycles. The minimum atomic E-state index is -0.750. The van der Waals surface area contributed by atoms with E-state index in [0.29, 0.717) is 5.56 Å². The Bertz CT molecular complexity index is 784. The summed E-state index contributed by atoms with van der Waals surface area (Å²) in [5.41, 5.74) is 2.04. The van der Waals surface area contributed by atoms with Crippen LogP contribution in [0.25, 0.3) is 0 Å². The molecule has 11 nitrogen and oxygen atoms in total. The Morgan fingerprint density at radius 2 is 2.30 bits per heavy atom. The Morgan fingerprint density at radius 1 is 1.57 bits per heavy atom. The summed E-state index contributed by atoms with van der Waals surface area (Å²) < 4.78 is 9.13. The van der Waals surface area contributed by atoms with Gasteiger partial charge in [-0.2, -0.15) is 5.10 Å². The van der Waals surface area contributed by atoms with Crippen LogP contribution in [0.2, 0.25) is 0 Å². The van der Waals surface area contributed by atoms with Gasteiger partial charge in [-0.3, -0.25) is 19.5 Å². The number of nitrogens with one attached hydrogen (secondary N) is 1. The second-order valence-electron chi connectivity index (χ2n) is 4.25. The smallest absolute Gasteiger partial charge is 0.322 e. The van der Waals surface area contributed by atoms with Crippen molar-refractivity contribution in [1.82, 2.24) is 10.6 Å². The monoisotopic (exact) mass is 321 g/mol. The molecule has 0 fully saturated rings. The number of methoxy groups -OCH3 is 1. The SMILES string of the molecule is COc1ccc(/C=N\NC(=O)c2no[n+]([O-])c2C)cc1[N+](=O)[O-]. The van der Waals surface area contributed by atoms with Crippen LogP contribution < -0.4 is 15.1 Å². The quantitative estimate of drug-likeness (QED) is 0.360. The second-order valence-corrected chi connectivity index (χ2v) is 4.25. The van der Waals surface area contributed by atoms with E-state index in [-0.39, 0.29) is 27.7 Å². The molecule has 1 aromatic heterocycles. The van der Waals surface area contributed by atoms with Crippen molar-refractivity contribution in [3.63, 3.8) is 0 Å². The van der Waals surface area contributed by atoms with E-state index in [0.717, 1.165) is 0 Å². The van der Waals surface area contributed by atoms with Crippen LogP contribution in [0.15, 0.2) is 27.9 Å². The molecular formula is C12H11N5O6. The number of carbonyl (C=O) groups excluding carboxylic acids is 1.